The number of rotatable bonds is 5. The highest BCUT2D eigenvalue weighted by Gasteiger charge is 2.35. The van der Waals surface area contributed by atoms with Crippen LogP contribution in [-0.2, 0) is 10.3 Å². The fourth-order valence-electron chi connectivity index (χ4n) is 3.91. The van der Waals surface area contributed by atoms with Crippen molar-refractivity contribution in [3.8, 4) is 23.2 Å². The van der Waals surface area contributed by atoms with Crippen molar-refractivity contribution in [3.05, 3.63) is 42.5 Å². The minimum Gasteiger partial charge on any atom is -0.486 e. The number of alkyl halides is 1. The van der Waals surface area contributed by atoms with E-state index in [1.54, 1.807) is 45.2 Å². The van der Waals surface area contributed by atoms with Gasteiger partial charge in [-0.15, -0.1) is 0 Å². The van der Waals surface area contributed by atoms with Crippen molar-refractivity contribution in [2.75, 3.05) is 18.4 Å². The maximum Gasteiger partial charge on any atom is 0.410 e. The Morgan fingerprint density at radius 1 is 1.21 bits per heavy atom. The first-order valence-corrected chi connectivity index (χ1v) is 12.7. The number of carbonyl (C=O) groups excluding carboxylic acids is 1. The molecule has 1 fully saturated rings. The van der Waals surface area contributed by atoms with Gasteiger partial charge in [-0.05, 0) is 59.7 Å². The van der Waals surface area contributed by atoms with E-state index in [0.717, 1.165) is 5.69 Å². The number of hydrogen-bond acceptors (Lipinski definition) is 9. The number of benzene rings is 1. The zero-order valence-electron chi connectivity index (χ0n) is 23.0. The molecule has 12 heteroatoms. The number of carbonyl (C=O) groups is 1. The van der Waals surface area contributed by atoms with Crippen LogP contribution in [-0.4, -0.2) is 66.7 Å². The topological polar surface area (TPSA) is 131 Å². The van der Waals surface area contributed by atoms with Crippen LogP contribution in [0.25, 0.3) is 11.4 Å². The average Bonchev–Trinajstić information content (AvgIpc) is 3.33. The van der Waals surface area contributed by atoms with Gasteiger partial charge in [0.25, 0.3) is 0 Å². The summed E-state index contributed by atoms with van der Waals surface area (Å²) in [4.78, 5) is 26.5. The number of nitrogens with zero attached hydrogens (tertiary/aromatic N) is 7. The van der Waals surface area contributed by atoms with Crippen molar-refractivity contribution in [1.29, 1.82) is 5.26 Å². The van der Waals surface area contributed by atoms with Crippen molar-refractivity contribution in [2.24, 2.45) is 0 Å². The van der Waals surface area contributed by atoms with E-state index in [4.69, 9.17) is 9.47 Å². The first-order chi connectivity index (χ1) is 18.3. The molecule has 2 aromatic heterocycles. The van der Waals surface area contributed by atoms with Gasteiger partial charge in [0.15, 0.2) is 12.0 Å². The fourth-order valence-corrected chi connectivity index (χ4v) is 3.91. The van der Waals surface area contributed by atoms with Gasteiger partial charge in [0.1, 0.15) is 29.9 Å². The van der Waals surface area contributed by atoms with Gasteiger partial charge in [0, 0.05) is 24.7 Å². The summed E-state index contributed by atoms with van der Waals surface area (Å²) in [5.74, 6) is 0.929. The standard InChI is InChI=1S/C27H33FN8O3/c1-26(2,3)36-14-19(13-32-36)33-24-31-16-30-23(34-24)17-7-8-21(18(11-17)12-29)38-22-9-10-35(15-20(22)28)25(37)39-27(4,5)6/h7-8,11,13-14,16,20,22H,9-10,15H2,1-6H3,(H,30,31,33,34)/t20-,22+/m1/s1. The van der Waals surface area contributed by atoms with Gasteiger partial charge in [-0.1, -0.05) is 0 Å². The lowest BCUT2D eigenvalue weighted by Crippen LogP contribution is -2.50. The molecule has 1 aliphatic rings. The van der Waals surface area contributed by atoms with Gasteiger partial charge in [0.05, 0.1) is 29.5 Å². The second kappa shape index (κ2) is 10.8. The Kier molecular flexibility index (Phi) is 7.72. The Morgan fingerprint density at radius 2 is 1.97 bits per heavy atom. The number of hydrogen-bond donors (Lipinski definition) is 1. The lowest BCUT2D eigenvalue weighted by molar-refractivity contribution is -0.0106. The molecule has 39 heavy (non-hydrogen) atoms. The molecular formula is C27H33FN8O3. The molecule has 0 aliphatic carbocycles. The molecule has 206 valence electrons. The molecule has 1 saturated heterocycles. The number of ether oxygens (including phenoxy) is 2. The summed E-state index contributed by atoms with van der Waals surface area (Å²) in [5, 5.41) is 17.2. The van der Waals surface area contributed by atoms with Crippen LogP contribution in [0.15, 0.2) is 36.9 Å². The van der Waals surface area contributed by atoms with Crippen LogP contribution in [0, 0.1) is 11.3 Å². The molecule has 3 aromatic rings. The highest BCUT2D eigenvalue weighted by molar-refractivity contribution is 5.68. The van der Waals surface area contributed by atoms with Crippen LogP contribution in [0.2, 0.25) is 0 Å². The van der Waals surface area contributed by atoms with E-state index in [9.17, 15) is 14.4 Å². The number of likely N-dealkylation sites (tertiary alicyclic amines) is 1. The van der Waals surface area contributed by atoms with Gasteiger partial charge in [-0.3, -0.25) is 4.68 Å². The van der Waals surface area contributed by atoms with E-state index in [1.807, 2.05) is 31.6 Å². The number of amides is 1. The summed E-state index contributed by atoms with van der Waals surface area (Å²) >= 11 is 0. The smallest absolute Gasteiger partial charge is 0.410 e. The minimum atomic E-state index is -1.43. The SMILES string of the molecule is CC(C)(C)OC(=O)N1CC[C@H](Oc2ccc(-c3ncnc(Nc4cnn(C(C)(C)C)c4)n3)cc2C#N)[C@H](F)C1. The molecule has 1 aliphatic heterocycles. The van der Waals surface area contributed by atoms with Crippen molar-refractivity contribution in [2.45, 2.75) is 71.4 Å². The quantitative estimate of drug-likeness (QED) is 0.487. The molecule has 1 aromatic carbocycles. The van der Waals surface area contributed by atoms with E-state index in [2.05, 4.69) is 31.4 Å². The molecule has 2 atom stereocenters. The van der Waals surface area contributed by atoms with Gasteiger partial charge >= 0.3 is 6.09 Å². The zero-order chi connectivity index (χ0) is 28.4. The Balaban J connectivity index is 1.44. The Bertz CT molecular complexity index is 1370. The first kappa shape index (κ1) is 27.8. The Hall–Kier alpha value is -4.27. The van der Waals surface area contributed by atoms with Gasteiger partial charge in [-0.2, -0.15) is 15.3 Å². The fraction of sp³-hybridized carbons (Fsp3) is 0.481. The lowest BCUT2D eigenvalue weighted by atomic mass is 10.1. The van der Waals surface area contributed by atoms with Crippen LogP contribution in [0.4, 0.5) is 20.8 Å². The van der Waals surface area contributed by atoms with Crippen LogP contribution >= 0.6 is 0 Å². The summed E-state index contributed by atoms with van der Waals surface area (Å²) < 4.78 is 28.0. The first-order valence-electron chi connectivity index (χ1n) is 12.7. The summed E-state index contributed by atoms with van der Waals surface area (Å²) in [5.41, 5.74) is 0.688. The van der Waals surface area contributed by atoms with Crippen molar-refractivity contribution in [1.82, 2.24) is 29.6 Å². The normalized spacial score (nSPS) is 17.8. The zero-order valence-corrected chi connectivity index (χ0v) is 23.0. The second-order valence-corrected chi connectivity index (χ2v) is 11.3. The summed E-state index contributed by atoms with van der Waals surface area (Å²) in [6.07, 6.45) is 2.40. The van der Waals surface area contributed by atoms with Gasteiger partial charge in [0.2, 0.25) is 5.95 Å². The molecule has 0 spiro atoms. The van der Waals surface area contributed by atoms with E-state index < -0.39 is 24.0 Å². The number of halogens is 1. The van der Waals surface area contributed by atoms with Crippen LogP contribution < -0.4 is 10.1 Å². The number of aromatic nitrogens is 5. The average molecular weight is 537 g/mol. The second-order valence-electron chi connectivity index (χ2n) is 11.3. The molecule has 3 heterocycles. The molecule has 0 radical (unpaired) electrons. The van der Waals surface area contributed by atoms with Gasteiger partial charge < -0.3 is 19.7 Å². The Morgan fingerprint density at radius 3 is 2.62 bits per heavy atom. The van der Waals surface area contributed by atoms with Gasteiger partial charge in [-0.25, -0.2) is 19.2 Å². The van der Waals surface area contributed by atoms with Crippen molar-refractivity contribution >= 4 is 17.7 Å². The predicted molar refractivity (Wildman–Crippen MR) is 142 cm³/mol. The molecular weight excluding hydrogens is 503 g/mol. The van der Waals surface area contributed by atoms with E-state index >= 15 is 0 Å². The third-order valence-electron chi connectivity index (χ3n) is 5.87. The number of piperidine rings is 1. The third kappa shape index (κ3) is 6.98. The number of anilines is 2. The molecule has 0 unspecified atom stereocenters. The highest BCUT2D eigenvalue weighted by atomic mass is 19.1. The van der Waals surface area contributed by atoms with Crippen molar-refractivity contribution < 1.29 is 18.7 Å². The van der Waals surface area contributed by atoms with E-state index in [0.29, 0.717) is 17.3 Å². The maximum atomic E-state index is 14.9. The molecule has 1 N–H and O–H groups in total. The number of nitrogens with one attached hydrogen (secondary N) is 1. The molecule has 0 bridgehead atoms. The summed E-state index contributed by atoms with van der Waals surface area (Å²) in [6.45, 7) is 11.6. The molecule has 0 saturated carbocycles. The summed E-state index contributed by atoms with van der Waals surface area (Å²) in [6, 6.07) is 7.00. The molecule has 4 rings (SSSR count). The van der Waals surface area contributed by atoms with E-state index in [-0.39, 0.29) is 36.4 Å². The number of nitriles is 1. The monoisotopic (exact) mass is 536 g/mol. The van der Waals surface area contributed by atoms with Crippen LogP contribution in [0.1, 0.15) is 53.5 Å². The largest absolute Gasteiger partial charge is 0.486 e. The molecule has 1 amide bonds. The molecule has 11 nitrogen and oxygen atoms in total. The van der Waals surface area contributed by atoms with Crippen LogP contribution in [0.3, 0.4) is 0 Å². The lowest BCUT2D eigenvalue weighted by Gasteiger charge is -2.35. The predicted octanol–water partition coefficient (Wildman–Crippen LogP) is 4.83. The van der Waals surface area contributed by atoms with E-state index in [1.165, 1.54) is 11.2 Å². The summed E-state index contributed by atoms with van der Waals surface area (Å²) in [7, 11) is 0. The maximum absolute atomic E-state index is 14.9. The minimum absolute atomic E-state index is 0.144. The van der Waals surface area contributed by atoms with Crippen molar-refractivity contribution in [3.63, 3.8) is 0 Å². The third-order valence-corrected chi connectivity index (χ3v) is 5.87. The highest BCUT2D eigenvalue weighted by Crippen LogP contribution is 2.29. The van der Waals surface area contributed by atoms with Crippen LogP contribution in [0.5, 0.6) is 5.75 Å². The Labute approximate surface area is 227 Å².